The van der Waals surface area contributed by atoms with Crippen molar-refractivity contribution >= 4 is 58.2 Å². The van der Waals surface area contributed by atoms with Crippen LogP contribution in [0.15, 0.2) is 65.8 Å². The molecule has 1 fully saturated rings. The maximum atomic E-state index is 13.1. The second-order valence-corrected chi connectivity index (χ2v) is 11.6. The lowest BCUT2D eigenvalue weighted by Crippen LogP contribution is -2.24. The van der Waals surface area contributed by atoms with Crippen LogP contribution in [0.4, 0.5) is 4.39 Å². The second kappa shape index (κ2) is 13.2. The van der Waals surface area contributed by atoms with Gasteiger partial charge in [0.1, 0.15) is 18.2 Å². The Morgan fingerprint density at radius 2 is 1.83 bits per heavy atom. The monoisotopic (exact) mass is 638 g/mol. The summed E-state index contributed by atoms with van der Waals surface area (Å²) in [7, 11) is 1.55. The van der Waals surface area contributed by atoms with Crippen LogP contribution in [0.5, 0.6) is 17.2 Å². The highest BCUT2D eigenvalue weighted by Gasteiger charge is 2.18. The minimum absolute atomic E-state index is 0.138. The summed E-state index contributed by atoms with van der Waals surface area (Å²) >= 11 is 6.04. The summed E-state index contributed by atoms with van der Waals surface area (Å²) in [5.41, 5.74) is 5.31. The molecule has 0 saturated carbocycles. The number of hydrogen-bond donors (Lipinski definition) is 1. The first kappa shape index (κ1) is 26.6. The Balaban J connectivity index is 1.28. The van der Waals surface area contributed by atoms with Gasteiger partial charge < -0.3 is 14.2 Å². The summed E-state index contributed by atoms with van der Waals surface area (Å²) in [6.07, 6.45) is 1.53. The van der Waals surface area contributed by atoms with Crippen molar-refractivity contribution in [2.24, 2.45) is 5.10 Å². The second-order valence-electron chi connectivity index (χ2n) is 7.67. The quantitative estimate of drug-likeness (QED) is 0.166. The first-order valence-corrected chi connectivity index (χ1v) is 14.2. The van der Waals surface area contributed by atoms with Gasteiger partial charge in [0.25, 0.3) is 5.91 Å². The van der Waals surface area contributed by atoms with Gasteiger partial charge in [0.05, 0.1) is 21.5 Å². The third-order valence-electron chi connectivity index (χ3n) is 5.10. The summed E-state index contributed by atoms with van der Waals surface area (Å²) in [6, 6.07) is 17.6. The zero-order valence-electron chi connectivity index (χ0n) is 19.4. The van der Waals surface area contributed by atoms with Crippen LogP contribution in [0.25, 0.3) is 0 Å². The van der Waals surface area contributed by atoms with Gasteiger partial charge in [-0.05, 0) is 75.7 Å². The molecule has 1 amide bonds. The number of ether oxygens (including phenoxy) is 3. The van der Waals surface area contributed by atoms with Gasteiger partial charge in [-0.2, -0.15) is 5.10 Å². The van der Waals surface area contributed by atoms with Crippen LogP contribution in [0.1, 0.15) is 21.3 Å². The fraction of sp³-hybridized carbons (Fsp3) is 0.231. The van der Waals surface area contributed by atoms with Crippen LogP contribution < -0.4 is 19.6 Å². The summed E-state index contributed by atoms with van der Waals surface area (Å²) in [6.45, 7) is 0.137. The van der Waals surface area contributed by atoms with Crippen molar-refractivity contribution in [3.63, 3.8) is 0 Å². The van der Waals surface area contributed by atoms with Gasteiger partial charge in [-0.15, -0.1) is 23.5 Å². The number of methoxy groups -OCH3 is 1. The molecule has 3 aromatic rings. The molecular formula is C26H24FIN2O4S2. The first-order valence-electron chi connectivity index (χ1n) is 11.0. The molecule has 0 aliphatic carbocycles. The van der Waals surface area contributed by atoms with E-state index in [1.54, 1.807) is 25.3 Å². The van der Waals surface area contributed by atoms with E-state index in [1.807, 2.05) is 53.9 Å². The number of benzene rings is 3. The molecule has 4 rings (SSSR count). The van der Waals surface area contributed by atoms with Crippen LogP contribution in [-0.2, 0) is 11.4 Å². The molecule has 1 N–H and O–H groups in total. The van der Waals surface area contributed by atoms with E-state index in [0.717, 1.165) is 14.7 Å². The molecule has 6 nitrogen and oxygen atoms in total. The molecule has 3 aromatic carbocycles. The molecular weight excluding hydrogens is 614 g/mol. The van der Waals surface area contributed by atoms with Gasteiger partial charge >= 0.3 is 0 Å². The Hall–Kier alpha value is -2.44. The molecule has 1 aliphatic heterocycles. The van der Waals surface area contributed by atoms with Gasteiger partial charge in [-0.1, -0.05) is 24.3 Å². The van der Waals surface area contributed by atoms with Gasteiger partial charge in [0, 0.05) is 11.5 Å². The predicted molar refractivity (Wildman–Crippen MR) is 152 cm³/mol. The molecule has 0 aromatic heterocycles. The highest BCUT2D eigenvalue weighted by molar-refractivity contribution is 14.1. The predicted octanol–water partition coefficient (Wildman–Crippen LogP) is 6.03. The maximum Gasteiger partial charge on any atom is 0.277 e. The highest BCUT2D eigenvalue weighted by atomic mass is 127. The number of nitrogens with zero attached hydrogens (tertiary/aromatic N) is 1. The van der Waals surface area contributed by atoms with Gasteiger partial charge in [0.2, 0.25) is 0 Å². The summed E-state index contributed by atoms with van der Waals surface area (Å²) in [5, 5.41) is 4.02. The first-order chi connectivity index (χ1) is 17.5. The number of nitrogens with one attached hydrogen (secondary N) is 1. The molecule has 0 spiro atoms. The normalized spacial score (nSPS) is 13.6. The fourth-order valence-electron chi connectivity index (χ4n) is 3.32. The lowest BCUT2D eigenvalue weighted by molar-refractivity contribution is -0.123. The SMILES string of the molecule is COc1cc(/C=N\NC(=O)COc2ccc(C3SCCS3)cc2)cc(I)c1OCc1ccc(F)cc1. The summed E-state index contributed by atoms with van der Waals surface area (Å²) < 4.78 is 31.3. The van der Waals surface area contributed by atoms with Crippen LogP contribution in [0.3, 0.4) is 0 Å². The largest absolute Gasteiger partial charge is 0.493 e. The third-order valence-corrected chi connectivity index (χ3v) is 9.00. The van der Waals surface area contributed by atoms with E-state index in [4.69, 9.17) is 14.2 Å². The Bertz CT molecular complexity index is 1200. The Kier molecular flexibility index (Phi) is 9.76. The fourth-order valence-corrected chi connectivity index (χ4v) is 6.96. The van der Waals surface area contributed by atoms with Crippen molar-refractivity contribution in [1.29, 1.82) is 0 Å². The minimum atomic E-state index is -0.363. The zero-order valence-corrected chi connectivity index (χ0v) is 23.2. The number of rotatable bonds is 10. The van der Waals surface area contributed by atoms with Crippen molar-refractivity contribution in [3.8, 4) is 17.2 Å². The van der Waals surface area contributed by atoms with E-state index in [0.29, 0.717) is 21.8 Å². The topological polar surface area (TPSA) is 69.2 Å². The minimum Gasteiger partial charge on any atom is -0.493 e. The highest BCUT2D eigenvalue weighted by Crippen LogP contribution is 2.45. The van der Waals surface area contributed by atoms with E-state index in [-0.39, 0.29) is 24.9 Å². The van der Waals surface area contributed by atoms with Gasteiger partial charge in [-0.25, -0.2) is 9.82 Å². The summed E-state index contributed by atoms with van der Waals surface area (Å²) in [4.78, 5) is 12.1. The number of carbonyl (C=O) groups excluding carboxylic acids is 1. The molecule has 0 bridgehead atoms. The van der Waals surface area contributed by atoms with Crippen molar-refractivity contribution in [2.75, 3.05) is 25.2 Å². The van der Waals surface area contributed by atoms with Gasteiger partial charge in [0.15, 0.2) is 18.1 Å². The van der Waals surface area contributed by atoms with Gasteiger partial charge in [-0.3, -0.25) is 4.79 Å². The molecule has 1 saturated heterocycles. The average Bonchev–Trinajstić information content (AvgIpc) is 3.43. The van der Waals surface area contributed by atoms with Crippen LogP contribution in [0, 0.1) is 9.39 Å². The maximum absolute atomic E-state index is 13.1. The lowest BCUT2D eigenvalue weighted by Gasteiger charge is -2.13. The van der Waals surface area contributed by atoms with E-state index in [9.17, 15) is 9.18 Å². The Morgan fingerprint density at radius 1 is 1.11 bits per heavy atom. The van der Waals surface area contributed by atoms with Crippen molar-refractivity contribution in [1.82, 2.24) is 5.43 Å². The van der Waals surface area contributed by atoms with E-state index < -0.39 is 0 Å². The molecule has 36 heavy (non-hydrogen) atoms. The molecule has 1 aliphatic rings. The third kappa shape index (κ3) is 7.53. The standard InChI is InChI=1S/C26H24FIN2O4S2/c1-32-23-13-18(12-22(28)25(23)34-15-17-2-6-20(27)7-3-17)14-29-30-24(31)16-33-21-8-4-19(5-9-21)26-35-10-11-36-26/h2-9,12-14,26H,10-11,15-16H2,1H3,(H,30,31)/b29-14-. The average molecular weight is 639 g/mol. The molecule has 0 atom stereocenters. The zero-order chi connectivity index (χ0) is 25.3. The molecule has 188 valence electrons. The van der Waals surface area contributed by atoms with Crippen LogP contribution in [0.2, 0.25) is 0 Å². The number of thioether (sulfide) groups is 2. The van der Waals surface area contributed by atoms with E-state index in [1.165, 1.54) is 35.4 Å². The lowest BCUT2D eigenvalue weighted by atomic mass is 10.2. The number of amides is 1. The molecule has 1 heterocycles. The molecule has 0 unspecified atom stereocenters. The molecule has 0 radical (unpaired) electrons. The van der Waals surface area contributed by atoms with Crippen molar-refractivity contribution in [3.05, 3.63) is 86.7 Å². The number of hydrogen-bond acceptors (Lipinski definition) is 7. The number of halogens is 2. The van der Waals surface area contributed by atoms with Crippen LogP contribution in [-0.4, -0.2) is 37.3 Å². The van der Waals surface area contributed by atoms with Crippen molar-refractivity contribution in [2.45, 2.75) is 11.2 Å². The number of carbonyl (C=O) groups is 1. The van der Waals surface area contributed by atoms with Crippen LogP contribution >= 0.6 is 46.1 Å². The Morgan fingerprint density at radius 3 is 2.53 bits per heavy atom. The smallest absolute Gasteiger partial charge is 0.277 e. The van der Waals surface area contributed by atoms with Crippen molar-refractivity contribution < 1.29 is 23.4 Å². The number of hydrazone groups is 1. The summed E-state index contributed by atoms with van der Waals surface area (Å²) in [5.74, 6) is 3.44. The van der Waals surface area contributed by atoms with E-state index in [2.05, 4.69) is 33.1 Å². The molecule has 10 heteroatoms. The Labute approximate surface area is 231 Å². The van der Waals surface area contributed by atoms with E-state index >= 15 is 0 Å².